The minimum atomic E-state index is -1.44. The van der Waals surface area contributed by atoms with Crippen LogP contribution in [0.25, 0.3) is 0 Å². The summed E-state index contributed by atoms with van der Waals surface area (Å²) in [4.78, 5) is 54.7. The molecule has 4 amide bonds. The van der Waals surface area contributed by atoms with Crippen molar-refractivity contribution < 1.29 is 168 Å². The Kier molecular flexibility index (Phi) is 57.0. The Labute approximate surface area is 748 Å². The summed E-state index contributed by atoms with van der Waals surface area (Å²) in [6.07, 6.45) is -27.7. The SMILES string of the molecule is CNC(=O)CCC(=O)NCCSCCCOC1[C@@H](OC)OC(CCO[C@H]2OC(CO)[C@@H](O)[C@H](O)C2OCCCSCCN=C(N)CS[C@@H]2CC(CO)[C@H](O)[C@H](O)C2O)[C@@H](O)[C@@H]1O.CO[C@H]1OC(CCO[C@H]2OC(CO)[C@@H](O)[C@H](O)C2OCCCSCCN=C(N)CS[C@@H]2CC(CO)[C@H](O)[C@H](O)C2O)[C@@H](O)[C@H](O)C1OCCCSCCNC(=O)CCC(=O)NN. The average molecular weight is 1900 g/mol. The lowest BCUT2D eigenvalue weighted by Gasteiger charge is -2.43. The monoisotopic (exact) mass is 1900 g/mol. The summed E-state index contributed by atoms with van der Waals surface area (Å²) in [5.41, 5.74) is 14.1. The van der Waals surface area contributed by atoms with E-state index in [1.165, 1.54) is 44.8 Å². The molecule has 0 bridgehead atoms. The van der Waals surface area contributed by atoms with E-state index in [0.717, 1.165) is 0 Å². The normalized spacial score (nSPS) is 34.2. The Morgan fingerprint density at radius 3 is 1.03 bits per heavy atom. The molecule has 124 heavy (non-hydrogen) atoms. The number of aliphatic hydroxyl groups excluding tert-OH is 18. The molecule has 4 aliphatic heterocycles. The van der Waals surface area contributed by atoms with E-state index >= 15 is 0 Å². The number of ether oxygens (including phenoxy) is 12. The van der Waals surface area contributed by atoms with Crippen LogP contribution in [-0.4, -0.2) is 468 Å². The van der Waals surface area contributed by atoms with Gasteiger partial charge in [0.1, 0.15) is 109 Å². The maximum atomic E-state index is 11.8. The second-order valence-electron chi connectivity index (χ2n) is 30.1. The number of nitrogens with one attached hydrogen (secondary N) is 4. The molecule has 6 rings (SSSR count). The molecule has 6 fully saturated rings. The predicted octanol–water partition coefficient (Wildman–Crippen LogP) is -8.48. The zero-order valence-corrected chi connectivity index (χ0v) is 75.3. The highest BCUT2D eigenvalue weighted by molar-refractivity contribution is 8.01. The maximum absolute atomic E-state index is 11.8. The molecule has 30 atom stereocenters. The number of nitrogens with zero attached hydrogens (tertiary/aromatic N) is 2. The summed E-state index contributed by atoms with van der Waals surface area (Å²) in [5.74, 6) is 9.64. The number of carbonyl (C=O) groups is 4. The van der Waals surface area contributed by atoms with Crippen molar-refractivity contribution in [1.29, 1.82) is 0 Å². The standard InChI is InChI=1S/C38H70N4O17S3.C37H69N5O17S3/c1-40-26(45)5-6-27(46)42-9-16-61-14-3-10-55-35-33(52)29(48)22(58-37(35)54-2)7-12-57-38-36(34(53)30(49)23(19-44)59-38)56-11-4-13-60-15-8-41-25(39)20-62-24-17-21(18-43)28(47)32(51)31(24)50;1-54-36-34(55-9-2-13-61-15-8-41-25(45)4-5-26(46)42-39)32(52)28(48)21(58-36)6-11-57-37-35(33(53)29(49)22(18-44)59-37)56-10-3-12-60-14-7-40-24(38)19-62-23-16-20(17-43)27(47)31(51)30(23)50/h21-24,28-38,43-44,47-53H,3-20H2,1-2H3,(H2,39,41)(H,40,45)(H,42,46);20-23,27-37,43-44,47-53H,2-19,39H2,1H3,(H2,38,40)(H,41,45)(H,42,46)/t21?,22?,23?,24-,28+,29-,30-,31?,32+,33+,34+,35?,36?,37+,38+;20?,21?,22?,23-,27+,28-,29-,30?,31+,32+,33+,34?,35?,36+,37+/m11/s1. The molecular formula is C75H139N9O34S6. The second-order valence-corrected chi connectivity index (χ2v) is 37.5. The van der Waals surface area contributed by atoms with Gasteiger partial charge in [-0.2, -0.15) is 47.0 Å². The van der Waals surface area contributed by atoms with Crippen LogP contribution in [-0.2, 0) is 76.0 Å². The Balaban J connectivity index is 0.000000440. The second kappa shape index (κ2) is 63.0. The number of hydrazine groups is 1. The summed E-state index contributed by atoms with van der Waals surface area (Å²) in [5, 5.41) is 193. The van der Waals surface area contributed by atoms with Gasteiger partial charge < -0.3 is 176 Å². The highest BCUT2D eigenvalue weighted by atomic mass is 32.2. The highest BCUT2D eigenvalue weighted by Crippen LogP contribution is 2.37. The largest absolute Gasteiger partial charge is 0.396 e. The number of amidine groups is 2. The Hall–Kier alpha value is -2.32. The van der Waals surface area contributed by atoms with Crippen LogP contribution in [0.5, 0.6) is 0 Å². The fraction of sp³-hybridized carbons (Fsp3) is 0.920. The molecule has 6 aliphatic rings. The van der Waals surface area contributed by atoms with E-state index in [0.29, 0.717) is 134 Å². The lowest BCUT2D eigenvalue weighted by atomic mass is 9.83. The lowest BCUT2D eigenvalue weighted by Crippen LogP contribution is -2.60. The average Bonchev–Trinajstić information content (AvgIpc) is 0.832. The summed E-state index contributed by atoms with van der Waals surface area (Å²) < 4.78 is 69.5. The molecule has 0 spiro atoms. The Morgan fingerprint density at radius 1 is 0.379 bits per heavy atom. The molecule has 4 heterocycles. The zero-order chi connectivity index (χ0) is 91.2. The molecule has 2 saturated carbocycles. The molecule has 4 saturated heterocycles. The number of nitrogens with two attached hydrogens (primary N) is 3. The fourth-order valence-electron chi connectivity index (χ4n) is 13.9. The Morgan fingerprint density at radius 2 is 0.702 bits per heavy atom. The van der Waals surface area contributed by atoms with E-state index in [9.17, 15) is 111 Å². The molecule has 28 N–H and O–H groups in total. The van der Waals surface area contributed by atoms with Crippen LogP contribution in [0.4, 0.5) is 0 Å². The first-order valence-corrected chi connectivity index (χ1v) is 48.4. The van der Waals surface area contributed by atoms with Crippen molar-refractivity contribution >= 4 is 106 Å². The van der Waals surface area contributed by atoms with Crippen molar-refractivity contribution in [2.24, 2.45) is 39.1 Å². The van der Waals surface area contributed by atoms with Crippen LogP contribution in [0.1, 0.15) is 77.0 Å². The first-order chi connectivity index (χ1) is 59.5. The lowest BCUT2D eigenvalue weighted by molar-refractivity contribution is -0.318. The van der Waals surface area contributed by atoms with Gasteiger partial charge in [0, 0.05) is 158 Å². The van der Waals surface area contributed by atoms with Crippen LogP contribution in [0.2, 0.25) is 0 Å². The number of hydrogen-bond donors (Lipinski definition) is 25. The third-order valence-corrected chi connectivity index (χ3v) is 28.1. The van der Waals surface area contributed by atoms with Gasteiger partial charge in [-0.05, 0) is 74.4 Å². The van der Waals surface area contributed by atoms with E-state index in [4.69, 9.17) is 74.2 Å². The first-order valence-electron chi connectivity index (χ1n) is 41.7. The summed E-state index contributed by atoms with van der Waals surface area (Å²) in [6, 6.07) is 0. The van der Waals surface area contributed by atoms with Crippen LogP contribution in [0.15, 0.2) is 9.98 Å². The van der Waals surface area contributed by atoms with Crippen molar-refractivity contribution in [3.8, 4) is 0 Å². The topological polar surface area (TPSA) is 694 Å². The van der Waals surface area contributed by atoms with Gasteiger partial charge in [0.2, 0.25) is 23.6 Å². The molecule has 49 heteroatoms. The summed E-state index contributed by atoms with van der Waals surface area (Å²) >= 11 is 9.01. The van der Waals surface area contributed by atoms with Crippen LogP contribution in [0, 0.1) is 11.8 Å². The molecule has 2 aliphatic carbocycles. The molecular weight excluding hydrogens is 1760 g/mol. The smallest absolute Gasteiger partial charge is 0.234 e. The van der Waals surface area contributed by atoms with E-state index in [1.54, 1.807) is 47.0 Å². The minimum absolute atomic E-state index is 0.0113. The minimum Gasteiger partial charge on any atom is -0.396 e. The molecule has 0 aromatic carbocycles. The summed E-state index contributed by atoms with van der Waals surface area (Å²) in [6.45, 7) is 0.685. The van der Waals surface area contributed by atoms with Crippen molar-refractivity contribution in [2.75, 3.05) is 171 Å². The quantitative estimate of drug-likeness (QED) is 0.00671. The van der Waals surface area contributed by atoms with Crippen molar-refractivity contribution in [1.82, 2.24) is 21.4 Å². The van der Waals surface area contributed by atoms with Gasteiger partial charge in [-0.1, -0.05) is 0 Å². The van der Waals surface area contributed by atoms with Gasteiger partial charge >= 0.3 is 0 Å². The van der Waals surface area contributed by atoms with Gasteiger partial charge in [0.15, 0.2) is 25.2 Å². The van der Waals surface area contributed by atoms with Gasteiger partial charge in [-0.25, -0.2) is 5.84 Å². The van der Waals surface area contributed by atoms with E-state index in [1.807, 2.05) is 5.43 Å². The number of thioether (sulfide) groups is 6. The van der Waals surface area contributed by atoms with Crippen molar-refractivity contribution in [2.45, 2.75) is 247 Å². The first kappa shape index (κ1) is 112. The number of hydrogen-bond acceptors (Lipinski definition) is 43. The number of rotatable bonds is 58. The number of amides is 4. The molecule has 0 radical (unpaired) electrons. The number of aliphatic hydroxyl groups is 18. The fourth-order valence-corrected chi connectivity index (χ4v) is 19.4. The summed E-state index contributed by atoms with van der Waals surface area (Å²) in [7, 11) is 4.30. The maximum Gasteiger partial charge on any atom is 0.234 e. The van der Waals surface area contributed by atoms with Gasteiger partial charge in [0.05, 0.1) is 74.6 Å². The van der Waals surface area contributed by atoms with E-state index in [2.05, 4.69) is 25.9 Å². The van der Waals surface area contributed by atoms with E-state index in [-0.39, 0.29) is 109 Å². The van der Waals surface area contributed by atoms with Crippen LogP contribution in [0.3, 0.4) is 0 Å². The third kappa shape index (κ3) is 38.3. The van der Waals surface area contributed by atoms with E-state index < -0.39 is 201 Å². The molecule has 0 aromatic rings. The van der Waals surface area contributed by atoms with Gasteiger partial charge in [-0.3, -0.25) is 34.6 Å². The van der Waals surface area contributed by atoms with Crippen LogP contribution < -0.4 is 38.7 Å². The predicted molar refractivity (Wildman–Crippen MR) is 462 cm³/mol. The van der Waals surface area contributed by atoms with Crippen molar-refractivity contribution in [3.05, 3.63) is 0 Å². The van der Waals surface area contributed by atoms with Crippen LogP contribution >= 0.6 is 70.6 Å². The number of methoxy groups -OCH3 is 2. The van der Waals surface area contributed by atoms with Crippen molar-refractivity contribution in [3.63, 3.8) is 0 Å². The van der Waals surface area contributed by atoms with Gasteiger partial charge in [0.25, 0.3) is 0 Å². The molecule has 12 unspecified atom stereocenters. The third-order valence-electron chi connectivity index (χ3n) is 21.1. The Bertz CT molecular complexity index is 2790. The van der Waals surface area contributed by atoms with Gasteiger partial charge in [-0.15, -0.1) is 23.5 Å². The highest BCUT2D eigenvalue weighted by Gasteiger charge is 2.51. The zero-order valence-electron chi connectivity index (χ0n) is 70.4. The molecule has 43 nitrogen and oxygen atoms in total. The molecule has 724 valence electrons. The molecule has 0 aromatic heterocycles. The number of aliphatic imine (C=N–C) groups is 2. The number of carbonyl (C=O) groups excluding carboxylic acids is 4.